The lowest BCUT2D eigenvalue weighted by Crippen LogP contribution is -2.48. The van der Waals surface area contributed by atoms with E-state index in [0.29, 0.717) is 13.2 Å². The summed E-state index contributed by atoms with van der Waals surface area (Å²) in [5, 5.41) is 13.9. The van der Waals surface area contributed by atoms with Crippen LogP contribution in [0.5, 0.6) is 0 Å². The lowest BCUT2D eigenvalue weighted by Gasteiger charge is -2.23. The molecule has 2 atom stereocenters. The number of carboxylic acid groups (broad SMARTS) is 1. The minimum atomic E-state index is -1.19. The summed E-state index contributed by atoms with van der Waals surface area (Å²) >= 11 is 0. The van der Waals surface area contributed by atoms with E-state index >= 15 is 0 Å². The number of methoxy groups -OCH3 is 1. The number of ether oxygens (including phenoxy) is 2. The maximum absolute atomic E-state index is 11.7. The monoisotopic (exact) mass is 302 g/mol. The third kappa shape index (κ3) is 6.94. The van der Waals surface area contributed by atoms with E-state index in [1.54, 1.807) is 0 Å². The first-order chi connectivity index (χ1) is 10.0. The molecule has 1 aliphatic rings. The number of nitrogens with one attached hydrogen (secondary N) is 2. The predicted octanol–water partition coefficient (Wildman–Crippen LogP) is 0.261. The second-order valence-corrected chi connectivity index (χ2v) is 4.85. The van der Waals surface area contributed by atoms with Gasteiger partial charge in [0.05, 0.1) is 13.2 Å². The van der Waals surface area contributed by atoms with E-state index in [2.05, 4.69) is 15.4 Å². The van der Waals surface area contributed by atoms with Gasteiger partial charge in [-0.25, -0.2) is 9.59 Å². The molecule has 0 saturated carbocycles. The normalized spacial score (nSPS) is 19.4. The highest BCUT2D eigenvalue weighted by atomic mass is 16.5. The van der Waals surface area contributed by atoms with Crippen LogP contribution in [0.1, 0.15) is 32.1 Å². The van der Waals surface area contributed by atoms with Crippen molar-refractivity contribution in [3.05, 3.63) is 0 Å². The highest BCUT2D eigenvalue weighted by Crippen LogP contribution is 2.11. The van der Waals surface area contributed by atoms with Gasteiger partial charge in [-0.2, -0.15) is 0 Å². The molecular formula is C13H22N2O6. The molecule has 0 aromatic heterocycles. The van der Waals surface area contributed by atoms with E-state index in [4.69, 9.17) is 9.84 Å². The summed E-state index contributed by atoms with van der Waals surface area (Å²) in [4.78, 5) is 33.7. The third-order valence-electron chi connectivity index (χ3n) is 3.23. The lowest BCUT2D eigenvalue weighted by atomic mass is 10.1. The number of carbonyl (C=O) groups is 3. The van der Waals surface area contributed by atoms with Crippen molar-refractivity contribution in [2.24, 2.45) is 0 Å². The van der Waals surface area contributed by atoms with Crippen LogP contribution in [0.4, 0.5) is 4.79 Å². The second-order valence-electron chi connectivity index (χ2n) is 4.85. The molecule has 120 valence electrons. The Bertz CT molecular complexity index is 368. The molecule has 0 radical (unpaired) electrons. The Labute approximate surface area is 123 Å². The van der Waals surface area contributed by atoms with Gasteiger partial charge in [0.25, 0.3) is 0 Å². The van der Waals surface area contributed by atoms with Crippen LogP contribution in [0.15, 0.2) is 0 Å². The van der Waals surface area contributed by atoms with E-state index in [1.807, 2.05) is 0 Å². The van der Waals surface area contributed by atoms with Gasteiger partial charge in [0, 0.05) is 19.6 Å². The second kappa shape index (κ2) is 9.17. The lowest BCUT2D eigenvalue weighted by molar-refractivity contribution is -0.142. The van der Waals surface area contributed by atoms with Crippen molar-refractivity contribution in [3.63, 3.8) is 0 Å². The zero-order valence-electron chi connectivity index (χ0n) is 12.1. The molecule has 1 rings (SSSR count). The average Bonchev–Trinajstić information content (AvgIpc) is 2.49. The van der Waals surface area contributed by atoms with Gasteiger partial charge in [-0.15, -0.1) is 0 Å². The van der Waals surface area contributed by atoms with Gasteiger partial charge in [-0.3, -0.25) is 4.79 Å². The van der Waals surface area contributed by atoms with Crippen LogP contribution in [0.3, 0.4) is 0 Å². The molecule has 0 spiro atoms. The SMILES string of the molecule is COC(=O)CC[C@@H](NC(=O)NCC1CCCCO1)C(=O)O. The van der Waals surface area contributed by atoms with E-state index in [-0.39, 0.29) is 18.9 Å². The summed E-state index contributed by atoms with van der Waals surface area (Å²) < 4.78 is 9.89. The summed E-state index contributed by atoms with van der Waals surface area (Å²) in [5.41, 5.74) is 0. The van der Waals surface area contributed by atoms with Gasteiger partial charge in [0.1, 0.15) is 6.04 Å². The average molecular weight is 302 g/mol. The minimum absolute atomic E-state index is 0.0185. The van der Waals surface area contributed by atoms with Crippen molar-refractivity contribution in [2.75, 3.05) is 20.3 Å². The number of carboxylic acids is 1. The van der Waals surface area contributed by atoms with Crippen LogP contribution in [0.25, 0.3) is 0 Å². The number of aliphatic carboxylic acids is 1. The number of hydrogen-bond acceptors (Lipinski definition) is 5. The van der Waals surface area contributed by atoms with Crippen LogP contribution in [0, 0.1) is 0 Å². The Morgan fingerprint density at radius 3 is 2.71 bits per heavy atom. The van der Waals surface area contributed by atoms with E-state index in [9.17, 15) is 14.4 Å². The molecule has 0 aliphatic carbocycles. The van der Waals surface area contributed by atoms with Gasteiger partial charge in [-0.1, -0.05) is 0 Å². The van der Waals surface area contributed by atoms with Crippen molar-refractivity contribution < 1.29 is 29.0 Å². The zero-order valence-corrected chi connectivity index (χ0v) is 12.1. The molecule has 21 heavy (non-hydrogen) atoms. The predicted molar refractivity (Wildman–Crippen MR) is 72.8 cm³/mol. The Kier molecular flexibility index (Phi) is 7.52. The number of hydrogen-bond donors (Lipinski definition) is 3. The van der Waals surface area contributed by atoms with Crippen LogP contribution < -0.4 is 10.6 Å². The fraction of sp³-hybridized carbons (Fsp3) is 0.769. The smallest absolute Gasteiger partial charge is 0.326 e. The molecule has 8 heteroatoms. The fourth-order valence-electron chi connectivity index (χ4n) is 2.01. The minimum Gasteiger partial charge on any atom is -0.480 e. The fourth-order valence-corrected chi connectivity index (χ4v) is 2.01. The number of rotatable bonds is 7. The third-order valence-corrected chi connectivity index (χ3v) is 3.23. The standard InChI is InChI=1S/C13H22N2O6/c1-20-11(16)6-5-10(12(17)18)15-13(19)14-8-9-4-2-3-7-21-9/h9-10H,2-8H2,1H3,(H,17,18)(H2,14,15,19)/t9?,10-/m1/s1. The Morgan fingerprint density at radius 2 is 2.14 bits per heavy atom. The Morgan fingerprint density at radius 1 is 1.38 bits per heavy atom. The maximum atomic E-state index is 11.7. The summed E-state index contributed by atoms with van der Waals surface area (Å²) in [6, 6.07) is -1.71. The quantitative estimate of drug-likeness (QED) is 0.581. The highest BCUT2D eigenvalue weighted by Gasteiger charge is 2.22. The molecule has 0 aromatic carbocycles. The molecule has 3 N–H and O–H groups in total. The number of esters is 1. The van der Waals surface area contributed by atoms with Crippen molar-refractivity contribution in [1.29, 1.82) is 0 Å². The van der Waals surface area contributed by atoms with Gasteiger partial charge >= 0.3 is 18.0 Å². The Balaban J connectivity index is 2.30. The van der Waals surface area contributed by atoms with Crippen LogP contribution in [0.2, 0.25) is 0 Å². The van der Waals surface area contributed by atoms with Crippen LogP contribution >= 0.6 is 0 Å². The van der Waals surface area contributed by atoms with Crippen molar-refractivity contribution >= 4 is 18.0 Å². The van der Waals surface area contributed by atoms with Gasteiger partial charge in [0.15, 0.2) is 0 Å². The molecule has 0 aromatic rings. The number of urea groups is 1. The molecule has 1 fully saturated rings. The van der Waals surface area contributed by atoms with Crippen LogP contribution in [-0.2, 0) is 19.1 Å². The van der Waals surface area contributed by atoms with Crippen molar-refractivity contribution in [2.45, 2.75) is 44.2 Å². The summed E-state index contributed by atoms with van der Waals surface area (Å²) in [6.07, 6.45) is 2.85. The van der Waals surface area contributed by atoms with Gasteiger partial charge in [0.2, 0.25) is 0 Å². The molecule has 1 aliphatic heterocycles. The molecular weight excluding hydrogens is 280 g/mol. The van der Waals surface area contributed by atoms with Gasteiger partial charge < -0.3 is 25.2 Å². The van der Waals surface area contributed by atoms with E-state index < -0.39 is 24.0 Å². The molecule has 0 bridgehead atoms. The first-order valence-electron chi connectivity index (χ1n) is 6.98. The number of carbonyl (C=O) groups excluding carboxylic acids is 2. The van der Waals surface area contributed by atoms with E-state index in [0.717, 1.165) is 19.3 Å². The number of amides is 2. The molecule has 1 unspecified atom stereocenters. The first kappa shape index (κ1) is 17.2. The largest absolute Gasteiger partial charge is 0.480 e. The van der Waals surface area contributed by atoms with Crippen LogP contribution in [-0.4, -0.2) is 55.5 Å². The van der Waals surface area contributed by atoms with Gasteiger partial charge in [-0.05, 0) is 25.7 Å². The van der Waals surface area contributed by atoms with Crippen molar-refractivity contribution in [1.82, 2.24) is 10.6 Å². The Hall–Kier alpha value is -1.83. The zero-order chi connectivity index (χ0) is 15.7. The molecule has 1 saturated heterocycles. The summed E-state index contributed by atoms with van der Waals surface area (Å²) in [6.45, 7) is 1.03. The molecule has 8 nitrogen and oxygen atoms in total. The first-order valence-corrected chi connectivity index (χ1v) is 6.98. The summed E-state index contributed by atoms with van der Waals surface area (Å²) in [7, 11) is 1.22. The summed E-state index contributed by atoms with van der Waals surface area (Å²) in [5.74, 6) is -1.71. The van der Waals surface area contributed by atoms with E-state index in [1.165, 1.54) is 7.11 Å². The topological polar surface area (TPSA) is 114 Å². The molecule has 2 amide bonds. The highest BCUT2D eigenvalue weighted by molar-refractivity contribution is 5.83. The van der Waals surface area contributed by atoms with Crippen molar-refractivity contribution in [3.8, 4) is 0 Å². The molecule has 1 heterocycles. The maximum Gasteiger partial charge on any atom is 0.326 e.